The van der Waals surface area contributed by atoms with E-state index in [1.54, 1.807) is 30.3 Å². The molecule has 0 radical (unpaired) electrons. The Bertz CT molecular complexity index is 981. The number of anilines is 1. The molecular weight excluding hydrogens is 390 g/mol. The molecule has 0 spiro atoms. The molecule has 0 aliphatic heterocycles. The van der Waals surface area contributed by atoms with Gasteiger partial charge in [-0.25, -0.2) is 0 Å². The Morgan fingerprint density at radius 2 is 1.79 bits per heavy atom. The lowest BCUT2D eigenvalue weighted by molar-refractivity contribution is -0.120. The Labute approximate surface area is 174 Å². The third-order valence-electron chi connectivity index (χ3n) is 4.47. The molecular formula is C22H22ClN3O3. The van der Waals surface area contributed by atoms with Crippen molar-refractivity contribution in [3.05, 3.63) is 70.7 Å². The Morgan fingerprint density at radius 3 is 2.41 bits per heavy atom. The third-order valence-corrected chi connectivity index (χ3v) is 4.72. The molecule has 3 rings (SSSR count). The largest absolute Gasteiger partial charge is 0.349 e. The predicted octanol–water partition coefficient (Wildman–Crippen LogP) is 4.76. The summed E-state index contributed by atoms with van der Waals surface area (Å²) in [5.41, 5.74) is 3.56. The number of amides is 2. The fourth-order valence-corrected chi connectivity index (χ4v) is 3.07. The number of carbonyl (C=O) groups excluding carboxylic acids is 2. The molecule has 1 aromatic heterocycles. The predicted molar refractivity (Wildman–Crippen MR) is 113 cm³/mol. The van der Waals surface area contributed by atoms with Gasteiger partial charge in [0.05, 0.1) is 12.5 Å². The zero-order valence-corrected chi connectivity index (χ0v) is 17.0. The van der Waals surface area contributed by atoms with Crippen molar-refractivity contribution >= 4 is 29.3 Å². The number of halogens is 1. The van der Waals surface area contributed by atoms with E-state index in [0.29, 0.717) is 10.7 Å². The van der Waals surface area contributed by atoms with Gasteiger partial charge in [0, 0.05) is 23.6 Å². The number of aryl methyl sites for hydroxylation is 1. The second-order valence-corrected chi connectivity index (χ2v) is 7.12. The minimum absolute atomic E-state index is 0.0441. The molecule has 2 N–H and O–H groups in total. The Morgan fingerprint density at radius 1 is 1.10 bits per heavy atom. The van der Waals surface area contributed by atoms with Crippen LogP contribution in [0.1, 0.15) is 37.4 Å². The van der Waals surface area contributed by atoms with Crippen molar-refractivity contribution in [3.8, 4) is 11.3 Å². The van der Waals surface area contributed by atoms with E-state index in [4.69, 9.17) is 16.1 Å². The van der Waals surface area contributed by atoms with Gasteiger partial charge in [0.15, 0.2) is 0 Å². The number of hydrogen-bond donors (Lipinski definition) is 2. The van der Waals surface area contributed by atoms with Crippen molar-refractivity contribution in [3.63, 3.8) is 0 Å². The van der Waals surface area contributed by atoms with Gasteiger partial charge >= 0.3 is 0 Å². The summed E-state index contributed by atoms with van der Waals surface area (Å²) < 4.78 is 5.24. The summed E-state index contributed by atoms with van der Waals surface area (Å²) >= 11 is 5.92. The van der Waals surface area contributed by atoms with E-state index < -0.39 is 6.04 Å². The van der Waals surface area contributed by atoms with Gasteiger partial charge in [0.1, 0.15) is 5.69 Å². The molecule has 2 aromatic carbocycles. The summed E-state index contributed by atoms with van der Waals surface area (Å²) in [6.07, 6.45) is 1.01. The lowest BCUT2D eigenvalue weighted by Gasteiger charge is -2.17. The zero-order valence-electron chi connectivity index (χ0n) is 16.2. The molecule has 7 heteroatoms. The number of carbonyl (C=O) groups is 2. The molecule has 1 heterocycles. The topological polar surface area (TPSA) is 84.2 Å². The first-order valence-electron chi connectivity index (χ1n) is 9.33. The fraction of sp³-hybridized carbons (Fsp3) is 0.227. The van der Waals surface area contributed by atoms with E-state index in [1.807, 2.05) is 24.3 Å². The van der Waals surface area contributed by atoms with Gasteiger partial charge in [-0.05, 0) is 29.7 Å². The number of rotatable bonds is 7. The van der Waals surface area contributed by atoms with Crippen LogP contribution in [0.4, 0.5) is 5.88 Å². The number of hydrogen-bond acceptors (Lipinski definition) is 4. The van der Waals surface area contributed by atoms with Crippen LogP contribution in [-0.4, -0.2) is 17.0 Å². The van der Waals surface area contributed by atoms with Crippen LogP contribution in [0.25, 0.3) is 11.3 Å². The number of benzene rings is 2. The molecule has 0 aliphatic rings. The molecule has 0 saturated heterocycles. The van der Waals surface area contributed by atoms with Crippen molar-refractivity contribution in [1.29, 1.82) is 0 Å². The molecule has 3 aromatic rings. The van der Waals surface area contributed by atoms with Crippen molar-refractivity contribution in [2.45, 2.75) is 32.7 Å². The van der Waals surface area contributed by atoms with Gasteiger partial charge in [-0.15, -0.1) is 0 Å². The summed E-state index contributed by atoms with van der Waals surface area (Å²) in [6, 6.07) is 16.2. The Hall–Kier alpha value is -3.12. The average Bonchev–Trinajstić information content (AvgIpc) is 3.16. The maximum Gasteiger partial charge on any atom is 0.231 e. The van der Waals surface area contributed by atoms with Crippen molar-refractivity contribution < 1.29 is 14.1 Å². The monoisotopic (exact) mass is 411 g/mol. The lowest BCUT2D eigenvalue weighted by atomic mass is 10.0. The molecule has 1 unspecified atom stereocenters. The maximum atomic E-state index is 12.5. The molecule has 1 atom stereocenters. The number of nitrogens with one attached hydrogen (secondary N) is 2. The molecule has 29 heavy (non-hydrogen) atoms. The summed E-state index contributed by atoms with van der Waals surface area (Å²) in [6.45, 7) is 3.50. The summed E-state index contributed by atoms with van der Waals surface area (Å²) in [7, 11) is 0. The highest BCUT2D eigenvalue weighted by Gasteiger charge is 2.18. The van der Waals surface area contributed by atoms with E-state index in [-0.39, 0.29) is 24.1 Å². The van der Waals surface area contributed by atoms with Gasteiger partial charge in [0.25, 0.3) is 0 Å². The lowest BCUT2D eigenvalue weighted by Crippen LogP contribution is -2.29. The summed E-state index contributed by atoms with van der Waals surface area (Å²) in [5.74, 6) is -0.278. The van der Waals surface area contributed by atoms with Crippen LogP contribution in [0, 0.1) is 0 Å². The van der Waals surface area contributed by atoms with Crippen molar-refractivity contribution in [1.82, 2.24) is 10.5 Å². The summed E-state index contributed by atoms with van der Waals surface area (Å²) in [4.78, 5) is 24.0. The highest BCUT2D eigenvalue weighted by Crippen LogP contribution is 2.24. The zero-order chi connectivity index (χ0) is 20.8. The van der Waals surface area contributed by atoms with Gasteiger partial charge in [-0.1, -0.05) is 60.1 Å². The van der Waals surface area contributed by atoms with E-state index in [2.05, 4.69) is 22.7 Å². The van der Waals surface area contributed by atoms with Crippen molar-refractivity contribution in [2.75, 3.05) is 5.32 Å². The molecule has 6 nitrogen and oxygen atoms in total. The van der Waals surface area contributed by atoms with Crippen molar-refractivity contribution in [2.24, 2.45) is 0 Å². The minimum atomic E-state index is -0.478. The summed E-state index contributed by atoms with van der Waals surface area (Å²) in [5, 5.41) is 10.1. The van der Waals surface area contributed by atoms with E-state index in [0.717, 1.165) is 17.5 Å². The van der Waals surface area contributed by atoms with Crippen LogP contribution < -0.4 is 10.6 Å². The molecule has 0 fully saturated rings. The third kappa shape index (κ3) is 5.68. The highest BCUT2D eigenvalue weighted by molar-refractivity contribution is 6.30. The number of nitrogens with zero attached hydrogens (tertiary/aromatic N) is 1. The first-order valence-corrected chi connectivity index (χ1v) is 9.71. The molecule has 0 bridgehead atoms. The quantitative estimate of drug-likeness (QED) is 0.586. The minimum Gasteiger partial charge on any atom is -0.349 e. The van der Waals surface area contributed by atoms with Crippen LogP contribution in [0.5, 0.6) is 0 Å². The van der Waals surface area contributed by atoms with E-state index in [9.17, 15) is 9.59 Å². The maximum absolute atomic E-state index is 12.5. The van der Waals surface area contributed by atoms with Gasteiger partial charge in [0.2, 0.25) is 17.7 Å². The van der Waals surface area contributed by atoms with Crippen LogP contribution >= 0.6 is 11.6 Å². The molecule has 0 saturated carbocycles. The Kier molecular flexibility index (Phi) is 6.67. The van der Waals surface area contributed by atoms with Crippen LogP contribution in [0.15, 0.2) is 59.1 Å². The van der Waals surface area contributed by atoms with Gasteiger partial charge in [-0.2, -0.15) is 0 Å². The van der Waals surface area contributed by atoms with Crippen LogP contribution in [-0.2, 0) is 16.0 Å². The van der Waals surface area contributed by atoms with Gasteiger partial charge in [-0.3, -0.25) is 14.9 Å². The Balaban J connectivity index is 1.67. The average molecular weight is 412 g/mol. The highest BCUT2D eigenvalue weighted by atomic mass is 35.5. The SMILES string of the molecule is CCc1ccc(-c2cc(NC(=O)CC(NC(C)=O)c3ccc(Cl)cc3)on2)cc1. The van der Waals surface area contributed by atoms with E-state index in [1.165, 1.54) is 12.5 Å². The molecule has 2 amide bonds. The first kappa shape index (κ1) is 20.6. The standard InChI is InChI=1S/C22H22ClN3O3/c1-3-15-4-6-17(7-5-15)20-13-22(29-26-20)25-21(28)12-19(24-14(2)27)16-8-10-18(23)11-9-16/h4-11,13,19H,3,12H2,1-2H3,(H,24,27)(H,25,28). The number of aromatic nitrogens is 1. The normalized spacial score (nSPS) is 11.7. The van der Waals surface area contributed by atoms with Crippen LogP contribution in [0.3, 0.4) is 0 Å². The van der Waals surface area contributed by atoms with E-state index >= 15 is 0 Å². The second-order valence-electron chi connectivity index (χ2n) is 6.68. The molecule has 0 aliphatic carbocycles. The van der Waals surface area contributed by atoms with Crippen LogP contribution in [0.2, 0.25) is 5.02 Å². The smallest absolute Gasteiger partial charge is 0.231 e. The molecule has 150 valence electrons. The second kappa shape index (κ2) is 9.39. The first-order chi connectivity index (χ1) is 13.9. The van der Waals surface area contributed by atoms with Gasteiger partial charge < -0.3 is 9.84 Å². The fourth-order valence-electron chi connectivity index (χ4n) is 2.95.